The van der Waals surface area contributed by atoms with Gasteiger partial charge in [0.2, 0.25) is 0 Å². The first-order chi connectivity index (χ1) is 5.05. The highest BCUT2D eigenvalue weighted by Gasteiger charge is 2.40. The lowest BCUT2D eigenvalue weighted by Crippen LogP contribution is -2.13. The van der Waals surface area contributed by atoms with Gasteiger partial charge in [-0.3, -0.25) is 0 Å². The van der Waals surface area contributed by atoms with Crippen LogP contribution in [-0.4, -0.2) is 5.92 Å². The minimum absolute atomic E-state index is 0.00694. The molecule has 0 nitrogen and oxygen atoms in total. The Labute approximate surface area is 66.6 Å². The minimum Gasteiger partial charge on any atom is -0.197 e. The van der Waals surface area contributed by atoms with Gasteiger partial charge in [-0.1, -0.05) is 27.0 Å². The van der Waals surface area contributed by atoms with E-state index in [0.717, 1.165) is 0 Å². The number of alkyl halides is 2. The highest BCUT2D eigenvalue weighted by molar-refractivity contribution is 5.31. The second kappa shape index (κ2) is 3.65. The quantitative estimate of drug-likeness (QED) is 0.475. The van der Waals surface area contributed by atoms with Crippen molar-refractivity contribution in [3.05, 3.63) is 24.3 Å². The van der Waals surface area contributed by atoms with Crippen LogP contribution in [0, 0.1) is 0 Å². The Bertz CT molecular complexity index is 150. The smallest absolute Gasteiger partial charge is 0.197 e. The molecule has 2 heteroatoms. The summed E-state index contributed by atoms with van der Waals surface area (Å²) in [5.41, 5.74) is 0.0139. The van der Waals surface area contributed by atoms with Crippen LogP contribution in [0.4, 0.5) is 8.78 Å². The molecule has 11 heavy (non-hydrogen) atoms. The summed E-state index contributed by atoms with van der Waals surface area (Å²) in [7, 11) is 0. The number of hydrogen-bond donors (Lipinski definition) is 0. The Hall–Kier alpha value is -0.660. The summed E-state index contributed by atoms with van der Waals surface area (Å²) in [5, 5.41) is 0. The zero-order chi connectivity index (χ0) is 9.07. The molecular weight excluding hydrogens is 146 g/mol. The van der Waals surface area contributed by atoms with E-state index >= 15 is 0 Å². The Morgan fingerprint density at radius 3 is 1.45 bits per heavy atom. The molecule has 1 fully saturated rings. The fourth-order valence-corrected chi connectivity index (χ4v) is 0.866. The van der Waals surface area contributed by atoms with Crippen LogP contribution >= 0.6 is 0 Å². The van der Waals surface area contributed by atoms with Gasteiger partial charge in [-0.05, 0) is 24.0 Å². The molecule has 64 valence electrons. The van der Waals surface area contributed by atoms with Gasteiger partial charge in [0.05, 0.1) is 0 Å². The average Bonchev–Trinajstić information content (AvgIpc) is 2.21. The Morgan fingerprint density at radius 2 is 1.36 bits per heavy atom. The maximum Gasteiger partial charge on any atom is 0.290 e. The first-order valence-corrected chi connectivity index (χ1v) is 3.79. The largest absolute Gasteiger partial charge is 0.290 e. The Balaban J connectivity index is 0.000000461. The molecule has 0 heterocycles. The van der Waals surface area contributed by atoms with Crippen LogP contribution < -0.4 is 0 Å². The van der Waals surface area contributed by atoms with Crippen LogP contribution in [0.25, 0.3) is 0 Å². The molecule has 1 rings (SSSR count). The van der Waals surface area contributed by atoms with Crippen LogP contribution in [0.1, 0.15) is 26.7 Å². The molecule has 1 aliphatic rings. The van der Waals surface area contributed by atoms with E-state index in [9.17, 15) is 8.78 Å². The minimum atomic E-state index is -2.78. The summed E-state index contributed by atoms with van der Waals surface area (Å²) in [5.74, 6) is -2.78. The SMILES string of the molecule is C=C1CCC(=C)C1(F)F.CC. The van der Waals surface area contributed by atoms with Crippen LogP contribution in [0.2, 0.25) is 0 Å². The van der Waals surface area contributed by atoms with Gasteiger partial charge >= 0.3 is 0 Å². The van der Waals surface area contributed by atoms with Crippen LogP contribution in [-0.2, 0) is 0 Å². The number of rotatable bonds is 0. The second-order valence-corrected chi connectivity index (χ2v) is 2.28. The van der Waals surface area contributed by atoms with E-state index in [0.29, 0.717) is 12.8 Å². The van der Waals surface area contributed by atoms with Crippen molar-refractivity contribution >= 4 is 0 Å². The first kappa shape index (κ1) is 10.3. The van der Waals surface area contributed by atoms with Crippen molar-refractivity contribution in [2.45, 2.75) is 32.6 Å². The number of hydrogen-bond acceptors (Lipinski definition) is 0. The molecule has 0 bridgehead atoms. The first-order valence-electron chi connectivity index (χ1n) is 3.79. The number of allylic oxidation sites excluding steroid dienone is 2. The molecule has 1 aliphatic carbocycles. The van der Waals surface area contributed by atoms with Gasteiger partial charge in [0.15, 0.2) is 0 Å². The van der Waals surface area contributed by atoms with Crippen molar-refractivity contribution in [3.8, 4) is 0 Å². The predicted molar refractivity (Wildman–Crippen MR) is 43.8 cm³/mol. The fraction of sp³-hybridized carbons (Fsp3) is 0.556. The van der Waals surface area contributed by atoms with Crippen LogP contribution in [0.3, 0.4) is 0 Å². The van der Waals surface area contributed by atoms with Gasteiger partial charge in [-0.25, -0.2) is 0 Å². The summed E-state index contributed by atoms with van der Waals surface area (Å²) in [4.78, 5) is 0. The van der Waals surface area contributed by atoms with Crippen molar-refractivity contribution in [2.24, 2.45) is 0 Å². The van der Waals surface area contributed by atoms with Crippen LogP contribution in [0.5, 0.6) is 0 Å². The van der Waals surface area contributed by atoms with E-state index in [1.54, 1.807) is 0 Å². The molecule has 0 spiro atoms. The molecule has 0 aromatic rings. The predicted octanol–water partition coefficient (Wildman–Crippen LogP) is 3.55. The van der Waals surface area contributed by atoms with Crippen molar-refractivity contribution < 1.29 is 8.78 Å². The van der Waals surface area contributed by atoms with Gasteiger partial charge in [-0.2, -0.15) is 8.78 Å². The zero-order valence-corrected chi connectivity index (χ0v) is 7.08. The molecular formula is C9H14F2. The monoisotopic (exact) mass is 160 g/mol. The molecule has 0 N–H and O–H groups in total. The summed E-state index contributed by atoms with van der Waals surface area (Å²) >= 11 is 0. The molecule has 0 saturated heterocycles. The van der Waals surface area contributed by atoms with Gasteiger partial charge in [0.25, 0.3) is 5.92 Å². The molecule has 0 aliphatic heterocycles. The van der Waals surface area contributed by atoms with Crippen molar-refractivity contribution in [3.63, 3.8) is 0 Å². The van der Waals surface area contributed by atoms with Gasteiger partial charge in [0.1, 0.15) is 0 Å². The molecule has 0 radical (unpaired) electrons. The summed E-state index contributed by atoms with van der Waals surface area (Å²) in [6.07, 6.45) is 0.789. The molecule has 0 amide bonds. The maximum atomic E-state index is 12.5. The summed E-state index contributed by atoms with van der Waals surface area (Å²) in [6, 6.07) is 0. The van der Waals surface area contributed by atoms with Crippen molar-refractivity contribution in [1.82, 2.24) is 0 Å². The van der Waals surface area contributed by atoms with E-state index < -0.39 is 5.92 Å². The molecule has 0 unspecified atom stereocenters. The van der Waals surface area contributed by atoms with E-state index in [-0.39, 0.29) is 11.1 Å². The second-order valence-electron chi connectivity index (χ2n) is 2.28. The van der Waals surface area contributed by atoms with E-state index in [4.69, 9.17) is 0 Å². The summed E-state index contributed by atoms with van der Waals surface area (Å²) < 4.78 is 25.1. The van der Waals surface area contributed by atoms with E-state index in [1.165, 1.54) is 0 Å². The topological polar surface area (TPSA) is 0 Å². The third kappa shape index (κ3) is 1.88. The van der Waals surface area contributed by atoms with Crippen molar-refractivity contribution in [1.29, 1.82) is 0 Å². The third-order valence-electron chi connectivity index (χ3n) is 1.62. The molecule has 0 atom stereocenters. The van der Waals surface area contributed by atoms with E-state index in [1.807, 2.05) is 13.8 Å². The normalized spacial score (nSPS) is 21.1. The lowest BCUT2D eigenvalue weighted by Gasteiger charge is -2.09. The highest BCUT2D eigenvalue weighted by Crippen LogP contribution is 2.41. The Morgan fingerprint density at radius 1 is 1.09 bits per heavy atom. The zero-order valence-electron chi connectivity index (χ0n) is 7.08. The van der Waals surface area contributed by atoms with E-state index in [2.05, 4.69) is 13.2 Å². The Kier molecular flexibility index (Phi) is 3.43. The third-order valence-corrected chi connectivity index (χ3v) is 1.62. The van der Waals surface area contributed by atoms with Gasteiger partial charge in [0, 0.05) is 0 Å². The lowest BCUT2D eigenvalue weighted by molar-refractivity contribution is 0.0932. The lowest BCUT2D eigenvalue weighted by atomic mass is 10.2. The van der Waals surface area contributed by atoms with Gasteiger partial charge in [-0.15, -0.1) is 0 Å². The molecule has 0 aromatic heterocycles. The average molecular weight is 160 g/mol. The maximum absolute atomic E-state index is 12.5. The van der Waals surface area contributed by atoms with Crippen molar-refractivity contribution in [2.75, 3.05) is 0 Å². The molecule has 0 aromatic carbocycles. The van der Waals surface area contributed by atoms with Crippen LogP contribution in [0.15, 0.2) is 24.3 Å². The summed E-state index contributed by atoms with van der Waals surface area (Å²) in [6.45, 7) is 10.5. The van der Waals surface area contributed by atoms with Gasteiger partial charge < -0.3 is 0 Å². The highest BCUT2D eigenvalue weighted by atomic mass is 19.3. The fourth-order valence-electron chi connectivity index (χ4n) is 0.866. The molecule has 1 saturated carbocycles. The number of halogens is 2. The standard InChI is InChI=1S/C7H8F2.C2H6/c1-5-3-4-6(2)7(5,8)9;1-2/h1-4H2;1-2H3.